The molecule has 2 heterocycles. The van der Waals surface area contributed by atoms with E-state index >= 15 is 0 Å². The Kier molecular flexibility index (Phi) is 7.92. The molecule has 0 aliphatic carbocycles. The van der Waals surface area contributed by atoms with Gasteiger partial charge in [0.15, 0.2) is 0 Å². The van der Waals surface area contributed by atoms with Gasteiger partial charge in [0.05, 0.1) is 6.61 Å². The van der Waals surface area contributed by atoms with Crippen molar-refractivity contribution in [2.45, 2.75) is 41.3 Å². The molecular weight excluding hydrogens is 555 g/mol. The molecule has 200 valence electrons. The Hall–Kier alpha value is -1.29. The fourth-order valence-corrected chi connectivity index (χ4v) is 6.99. The number of carbonyl (C=O) groups excluding carboxylic acids is 1. The number of nitrogens with zero attached hydrogens (tertiary/aromatic N) is 2. The van der Waals surface area contributed by atoms with E-state index in [1.54, 1.807) is 0 Å². The van der Waals surface area contributed by atoms with E-state index in [9.17, 15) is 60.8 Å². The molecule has 2 aliphatic heterocycles. The zero-order chi connectivity index (χ0) is 26.4. The normalized spacial score (nSPS) is 23.0. The van der Waals surface area contributed by atoms with Gasteiger partial charge in [0, 0.05) is 26.2 Å². The summed E-state index contributed by atoms with van der Waals surface area (Å²) in [4.78, 5) is 13.2. The van der Waals surface area contributed by atoms with E-state index in [2.05, 4.69) is 0 Å². The first-order valence-corrected chi connectivity index (χ1v) is 13.6. The van der Waals surface area contributed by atoms with Gasteiger partial charge in [-0.25, -0.2) is 25.3 Å². The summed E-state index contributed by atoms with van der Waals surface area (Å²) < 4.78 is 167. The van der Waals surface area contributed by atoms with Crippen molar-refractivity contribution in [1.82, 2.24) is 13.3 Å². The minimum absolute atomic E-state index is 0.0558. The highest BCUT2D eigenvalue weighted by Crippen LogP contribution is 2.40. The number of esters is 1. The average Bonchev–Trinajstić information content (AvgIpc) is 2.65. The van der Waals surface area contributed by atoms with Crippen molar-refractivity contribution < 1.29 is 65.5 Å². The SMILES string of the molecule is O=C1OCCCC1N1CCN(S(=O)(=O)C(F)(F)CC(F)(F)S(=O)(=O)NS(=O)(=O)C(F)(F)F)CC1. The largest absolute Gasteiger partial charge is 0.512 e. The number of ether oxygens (including phenoxy) is 1. The van der Waals surface area contributed by atoms with Crippen molar-refractivity contribution >= 4 is 36.0 Å². The first-order chi connectivity index (χ1) is 15.1. The third-order valence-electron chi connectivity index (χ3n) is 4.90. The highest BCUT2D eigenvalue weighted by Gasteiger charge is 2.62. The van der Waals surface area contributed by atoms with Gasteiger partial charge in [-0.15, -0.1) is 0 Å². The third-order valence-corrected chi connectivity index (χ3v) is 10.1. The number of halogens is 7. The minimum atomic E-state index is -6.97. The molecule has 0 saturated carbocycles. The molecule has 0 spiro atoms. The average molecular weight is 573 g/mol. The van der Waals surface area contributed by atoms with E-state index in [-0.39, 0.29) is 24.0 Å². The predicted octanol–water partition coefficient (Wildman–Crippen LogP) is -0.0159. The Morgan fingerprint density at radius 2 is 1.38 bits per heavy atom. The molecule has 2 saturated heterocycles. The Labute approximate surface area is 189 Å². The van der Waals surface area contributed by atoms with Gasteiger partial charge in [-0.2, -0.15) is 35.0 Å². The van der Waals surface area contributed by atoms with Crippen LogP contribution in [0.1, 0.15) is 19.3 Å². The smallest absolute Gasteiger partial charge is 0.465 e. The summed E-state index contributed by atoms with van der Waals surface area (Å²) in [5, 5.41) is -11.5. The second-order valence-electron chi connectivity index (χ2n) is 7.25. The Morgan fingerprint density at radius 3 is 1.85 bits per heavy atom. The van der Waals surface area contributed by atoms with Crippen molar-refractivity contribution in [3.63, 3.8) is 0 Å². The molecule has 21 heteroatoms. The lowest BCUT2D eigenvalue weighted by Crippen LogP contribution is -2.58. The Balaban J connectivity index is 2.15. The van der Waals surface area contributed by atoms with Crippen molar-refractivity contribution in [2.24, 2.45) is 0 Å². The van der Waals surface area contributed by atoms with Crippen LogP contribution in [0.15, 0.2) is 0 Å². The summed E-state index contributed by atoms with van der Waals surface area (Å²) in [6.45, 7) is -1.81. The summed E-state index contributed by atoms with van der Waals surface area (Å²) >= 11 is 0. The molecule has 1 N–H and O–H groups in total. The molecule has 2 rings (SSSR count). The maximum absolute atomic E-state index is 14.3. The second-order valence-corrected chi connectivity index (χ2v) is 13.1. The highest BCUT2D eigenvalue weighted by atomic mass is 32.3. The number of nitrogens with one attached hydrogen (secondary N) is 1. The fourth-order valence-electron chi connectivity index (χ4n) is 3.12. The van der Waals surface area contributed by atoms with Gasteiger partial charge in [0.1, 0.15) is 12.5 Å². The van der Waals surface area contributed by atoms with Gasteiger partial charge in [-0.3, -0.25) is 9.69 Å². The summed E-state index contributed by atoms with van der Waals surface area (Å²) in [7, 11) is -19.9. The number of carbonyl (C=O) groups is 1. The van der Waals surface area contributed by atoms with Crippen LogP contribution in [0.4, 0.5) is 30.7 Å². The minimum Gasteiger partial charge on any atom is -0.465 e. The van der Waals surface area contributed by atoms with Gasteiger partial charge < -0.3 is 4.74 Å². The molecule has 0 aromatic heterocycles. The monoisotopic (exact) mass is 573 g/mol. The van der Waals surface area contributed by atoms with Crippen LogP contribution in [0.3, 0.4) is 0 Å². The number of cyclic esters (lactones) is 1. The van der Waals surface area contributed by atoms with Gasteiger partial charge >= 0.3 is 32.0 Å². The van der Waals surface area contributed by atoms with Crippen LogP contribution in [0.2, 0.25) is 0 Å². The Morgan fingerprint density at radius 1 is 0.853 bits per heavy atom. The molecule has 0 radical (unpaired) electrons. The van der Waals surface area contributed by atoms with Crippen LogP contribution in [0.25, 0.3) is 0 Å². The lowest BCUT2D eigenvalue weighted by Gasteiger charge is -2.39. The fraction of sp³-hybridized carbons (Fsp3) is 0.923. The molecule has 1 atom stereocenters. The third kappa shape index (κ3) is 5.74. The highest BCUT2D eigenvalue weighted by molar-refractivity contribution is 8.05. The zero-order valence-electron chi connectivity index (χ0n) is 16.8. The lowest BCUT2D eigenvalue weighted by molar-refractivity contribution is -0.155. The number of hydrogen-bond acceptors (Lipinski definition) is 9. The maximum atomic E-state index is 14.3. The molecule has 2 aliphatic rings. The molecule has 1 unspecified atom stereocenters. The Bertz CT molecular complexity index is 1100. The topological polar surface area (TPSA) is 147 Å². The van der Waals surface area contributed by atoms with E-state index < -0.39 is 81.7 Å². The van der Waals surface area contributed by atoms with E-state index in [1.165, 1.54) is 4.90 Å². The molecule has 0 aromatic rings. The first kappa shape index (κ1) is 28.9. The van der Waals surface area contributed by atoms with E-state index in [0.29, 0.717) is 12.8 Å². The molecule has 0 amide bonds. The summed E-state index contributed by atoms with van der Waals surface area (Å²) in [6, 6.07) is -0.768. The maximum Gasteiger partial charge on any atom is 0.512 e. The zero-order valence-corrected chi connectivity index (χ0v) is 19.2. The predicted molar refractivity (Wildman–Crippen MR) is 97.6 cm³/mol. The number of sulfonamides is 3. The van der Waals surface area contributed by atoms with E-state index in [4.69, 9.17) is 4.74 Å². The molecular formula is C13H18F7N3O8S3. The standard InChI is InChI=1S/C13H18F7N3O8S3/c14-11(15,32(25,26)21-33(27,28)13(18,19)20)8-12(16,17)34(29,30)23-5-3-22(4-6-23)9-2-1-7-31-10(9)24/h9,21H,1-8H2. The lowest BCUT2D eigenvalue weighted by atomic mass is 10.1. The van der Waals surface area contributed by atoms with Crippen molar-refractivity contribution in [2.75, 3.05) is 32.8 Å². The van der Waals surface area contributed by atoms with Gasteiger partial charge in [-0.1, -0.05) is 4.13 Å². The van der Waals surface area contributed by atoms with Crippen LogP contribution >= 0.6 is 0 Å². The van der Waals surface area contributed by atoms with Crippen molar-refractivity contribution in [3.05, 3.63) is 0 Å². The number of rotatable bonds is 8. The van der Waals surface area contributed by atoms with Crippen molar-refractivity contribution in [3.8, 4) is 0 Å². The quantitative estimate of drug-likeness (QED) is 0.313. The number of alkyl halides is 7. The van der Waals surface area contributed by atoms with Crippen LogP contribution in [-0.2, 0) is 39.6 Å². The first-order valence-electron chi connectivity index (χ1n) is 9.15. The van der Waals surface area contributed by atoms with Crippen molar-refractivity contribution in [1.29, 1.82) is 0 Å². The molecule has 11 nitrogen and oxygen atoms in total. The molecule has 34 heavy (non-hydrogen) atoms. The summed E-state index contributed by atoms with van der Waals surface area (Å²) in [6.07, 6.45) is -2.52. The summed E-state index contributed by atoms with van der Waals surface area (Å²) in [5.74, 6) is -0.612. The van der Waals surface area contributed by atoms with Gasteiger partial charge in [-0.05, 0) is 12.8 Å². The molecule has 0 aromatic carbocycles. The van der Waals surface area contributed by atoms with Crippen LogP contribution in [-0.4, -0.2) is 95.3 Å². The second kappa shape index (κ2) is 9.30. The molecule has 0 bridgehead atoms. The number of hydrogen-bond donors (Lipinski definition) is 1. The van der Waals surface area contributed by atoms with E-state index in [1.807, 2.05) is 0 Å². The molecule has 2 fully saturated rings. The van der Waals surface area contributed by atoms with E-state index in [0.717, 1.165) is 0 Å². The van der Waals surface area contributed by atoms with Gasteiger partial charge in [0.25, 0.3) is 20.0 Å². The van der Waals surface area contributed by atoms with Crippen LogP contribution in [0, 0.1) is 0 Å². The van der Waals surface area contributed by atoms with Crippen LogP contribution < -0.4 is 4.13 Å². The van der Waals surface area contributed by atoms with Gasteiger partial charge in [0.2, 0.25) is 0 Å². The van der Waals surface area contributed by atoms with Crippen LogP contribution in [0.5, 0.6) is 0 Å². The number of piperazine rings is 1. The summed E-state index contributed by atoms with van der Waals surface area (Å²) in [5.41, 5.74) is -6.38.